The molecule has 0 bridgehead atoms. The molecule has 0 unspecified atom stereocenters. The summed E-state index contributed by atoms with van der Waals surface area (Å²) in [7, 11) is -2.73. The van der Waals surface area contributed by atoms with Crippen LogP contribution in [-0.4, -0.2) is 37.4 Å². The average Bonchev–Trinajstić information content (AvgIpc) is 2.32. The van der Waals surface area contributed by atoms with Crippen LogP contribution in [0.1, 0.15) is 10.4 Å². The van der Waals surface area contributed by atoms with Crippen molar-refractivity contribution in [1.29, 1.82) is 0 Å². The maximum absolute atomic E-state index is 13.5. The number of halogens is 2. The molecule has 19 heavy (non-hydrogen) atoms. The van der Waals surface area contributed by atoms with Crippen LogP contribution in [0.15, 0.2) is 29.7 Å². The normalized spacial score (nSPS) is 11.6. The molecule has 0 saturated carbocycles. The van der Waals surface area contributed by atoms with Gasteiger partial charge in [0.15, 0.2) is 0 Å². The molecule has 1 N–H and O–H groups in total. The molecule has 1 aromatic carbocycles. The van der Waals surface area contributed by atoms with Crippen molar-refractivity contribution in [3.8, 4) is 0 Å². The molecule has 0 radical (unpaired) electrons. The third-order valence-electron chi connectivity index (χ3n) is 2.33. The topological polar surface area (TPSA) is 74.7 Å². The molecule has 1 rings (SSSR count). The summed E-state index contributed by atoms with van der Waals surface area (Å²) in [4.78, 5) is 10.4. The number of hydrogen-bond acceptors (Lipinski definition) is 3. The summed E-state index contributed by atoms with van der Waals surface area (Å²) in [5.74, 6) is -2.61. The van der Waals surface area contributed by atoms with Gasteiger partial charge in [0.1, 0.15) is 5.82 Å². The highest BCUT2D eigenvalue weighted by atomic mass is 35.5. The lowest BCUT2D eigenvalue weighted by atomic mass is 10.2. The molecule has 0 aliphatic rings. The van der Waals surface area contributed by atoms with E-state index in [4.69, 9.17) is 16.7 Å². The fourth-order valence-electron chi connectivity index (χ4n) is 1.33. The van der Waals surface area contributed by atoms with E-state index in [9.17, 15) is 17.6 Å². The lowest BCUT2D eigenvalue weighted by molar-refractivity contribution is 0.0696. The number of aromatic carboxylic acids is 1. The molecule has 0 atom stereocenters. The Labute approximate surface area is 115 Å². The standard InChI is InChI=1S/C11H11ClFNO4S/c1-3-4-14(2)19(17,18)7-5-8(11(15)16)10(12)9(13)6-7/h3,5-6H,1,4H2,2H3,(H,15,16). The summed E-state index contributed by atoms with van der Waals surface area (Å²) in [6.45, 7) is 3.40. The Morgan fingerprint density at radius 1 is 1.58 bits per heavy atom. The van der Waals surface area contributed by atoms with E-state index >= 15 is 0 Å². The number of sulfonamides is 1. The van der Waals surface area contributed by atoms with Crippen molar-refractivity contribution in [1.82, 2.24) is 4.31 Å². The van der Waals surface area contributed by atoms with E-state index in [1.54, 1.807) is 0 Å². The molecule has 0 amide bonds. The minimum Gasteiger partial charge on any atom is -0.478 e. The summed E-state index contributed by atoms with van der Waals surface area (Å²) in [6.07, 6.45) is 1.35. The molecule has 0 aliphatic heterocycles. The van der Waals surface area contributed by atoms with Crippen molar-refractivity contribution in [2.75, 3.05) is 13.6 Å². The smallest absolute Gasteiger partial charge is 0.337 e. The van der Waals surface area contributed by atoms with Gasteiger partial charge in [-0.3, -0.25) is 0 Å². The monoisotopic (exact) mass is 307 g/mol. The summed E-state index contributed by atoms with van der Waals surface area (Å²) in [6, 6.07) is 1.51. The number of hydrogen-bond donors (Lipinski definition) is 1. The zero-order valence-corrected chi connectivity index (χ0v) is 11.5. The summed E-state index contributed by atoms with van der Waals surface area (Å²) < 4.78 is 38.5. The second kappa shape index (κ2) is 5.68. The zero-order valence-electron chi connectivity index (χ0n) is 9.93. The Morgan fingerprint density at radius 3 is 2.63 bits per heavy atom. The average molecular weight is 308 g/mol. The maximum Gasteiger partial charge on any atom is 0.337 e. The number of carboxylic acids is 1. The molecule has 1 aromatic rings. The predicted molar refractivity (Wildman–Crippen MR) is 68.4 cm³/mol. The molecule has 104 valence electrons. The van der Waals surface area contributed by atoms with E-state index in [1.807, 2.05) is 0 Å². The van der Waals surface area contributed by atoms with Crippen molar-refractivity contribution in [2.45, 2.75) is 4.90 Å². The van der Waals surface area contributed by atoms with Gasteiger partial charge in [0.25, 0.3) is 0 Å². The number of carboxylic acid groups (broad SMARTS) is 1. The summed E-state index contributed by atoms with van der Waals surface area (Å²) >= 11 is 5.47. The second-order valence-corrected chi connectivity index (χ2v) is 6.07. The Hall–Kier alpha value is -1.44. The van der Waals surface area contributed by atoms with Crippen LogP contribution < -0.4 is 0 Å². The first-order valence-corrected chi connectivity index (χ1v) is 6.83. The summed E-state index contributed by atoms with van der Waals surface area (Å²) in [5, 5.41) is 8.22. The van der Waals surface area contributed by atoms with Gasteiger partial charge < -0.3 is 5.11 Å². The van der Waals surface area contributed by atoms with E-state index in [2.05, 4.69) is 6.58 Å². The van der Waals surface area contributed by atoms with E-state index in [0.717, 1.165) is 10.4 Å². The third kappa shape index (κ3) is 3.12. The molecule has 0 aromatic heterocycles. The molecular formula is C11H11ClFNO4S. The maximum atomic E-state index is 13.5. The number of likely N-dealkylation sites (N-methyl/N-ethyl adjacent to an activating group) is 1. The van der Waals surface area contributed by atoms with Crippen LogP contribution in [0.25, 0.3) is 0 Å². The highest BCUT2D eigenvalue weighted by Gasteiger charge is 2.24. The van der Waals surface area contributed by atoms with Gasteiger partial charge in [0.05, 0.1) is 15.5 Å². The predicted octanol–water partition coefficient (Wildman–Crippen LogP) is 1.98. The van der Waals surface area contributed by atoms with Gasteiger partial charge in [0, 0.05) is 13.6 Å². The minimum absolute atomic E-state index is 0.00891. The minimum atomic E-state index is -4.00. The summed E-state index contributed by atoms with van der Waals surface area (Å²) in [5.41, 5.74) is -0.604. The van der Waals surface area contributed by atoms with E-state index < -0.39 is 37.3 Å². The third-order valence-corrected chi connectivity index (χ3v) is 4.51. The van der Waals surface area contributed by atoms with Gasteiger partial charge in [0.2, 0.25) is 10.0 Å². The van der Waals surface area contributed by atoms with E-state index in [-0.39, 0.29) is 6.54 Å². The number of rotatable bonds is 5. The van der Waals surface area contributed by atoms with Crippen LogP contribution in [0.5, 0.6) is 0 Å². The SMILES string of the molecule is C=CCN(C)S(=O)(=O)c1cc(F)c(Cl)c(C(=O)O)c1. The Balaban J connectivity index is 3.44. The Kier molecular flexibility index (Phi) is 4.67. The van der Waals surface area contributed by atoms with Crippen molar-refractivity contribution in [3.63, 3.8) is 0 Å². The highest BCUT2D eigenvalue weighted by Crippen LogP contribution is 2.25. The van der Waals surface area contributed by atoms with Gasteiger partial charge in [-0.2, -0.15) is 4.31 Å². The molecule has 8 heteroatoms. The van der Waals surface area contributed by atoms with Crippen molar-refractivity contribution < 1.29 is 22.7 Å². The Morgan fingerprint density at radius 2 is 2.16 bits per heavy atom. The second-order valence-electron chi connectivity index (χ2n) is 3.65. The molecule has 0 fully saturated rings. The molecule has 0 spiro atoms. The van der Waals surface area contributed by atoms with Crippen molar-refractivity contribution in [2.24, 2.45) is 0 Å². The first-order valence-electron chi connectivity index (χ1n) is 5.01. The first kappa shape index (κ1) is 15.6. The molecule has 5 nitrogen and oxygen atoms in total. The fraction of sp³-hybridized carbons (Fsp3) is 0.182. The Bertz CT molecular complexity index is 630. The van der Waals surface area contributed by atoms with Crippen LogP contribution in [0, 0.1) is 5.82 Å². The number of carbonyl (C=O) groups is 1. The first-order chi connectivity index (χ1) is 8.71. The fourth-order valence-corrected chi connectivity index (χ4v) is 2.70. The number of benzene rings is 1. The van der Waals surface area contributed by atoms with Gasteiger partial charge >= 0.3 is 5.97 Å². The van der Waals surface area contributed by atoms with Crippen LogP contribution in [0.4, 0.5) is 4.39 Å². The van der Waals surface area contributed by atoms with Crippen LogP contribution >= 0.6 is 11.6 Å². The number of nitrogens with zero attached hydrogens (tertiary/aromatic N) is 1. The lowest BCUT2D eigenvalue weighted by Gasteiger charge is -2.16. The van der Waals surface area contributed by atoms with Crippen molar-refractivity contribution >= 4 is 27.6 Å². The molecule has 0 aliphatic carbocycles. The van der Waals surface area contributed by atoms with Gasteiger partial charge in [-0.25, -0.2) is 17.6 Å². The molecule has 0 heterocycles. The molecular weight excluding hydrogens is 297 g/mol. The van der Waals surface area contributed by atoms with Crippen LogP contribution in [-0.2, 0) is 10.0 Å². The highest BCUT2D eigenvalue weighted by molar-refractivity contribution is 7.89. The lowest BCUT2D eigenvalue weighted by Crippen LogP contribution is -2.27. The van der Waals surface area contributed by atoms with Gasteiger partial charge in [-0.1, -0.05) is 17.7 Å². The quantitative estimate of drug-likeness (QED) is 0.844. The van der Waals surface area contributed by atoms with E-state index in [1.165, 1.54) is 13.1 Å². The van der Waals surface area contributed by atoms with E-state index in [0.29, 0.717) is 6.07 Å². The van der Waals surface area contributed by atoms with Crippen LogP contribution in [0.3, 0.4) is 0 Å². The van der Waals surface area contributed by atoms with Gasteiger partial charge in [-0.05, 0) is 12.1 Å². The molecule has 0 saturated heterocycles. The van der Waals surface area contributed by atoms with Crippen molar-refractivity contribution in [3.05, 3.63) is 41.2 Å². The van der Waals surface area contributed by atoms with Crippen LogP contribution in [0.2, 0.25) is 5.02 Å². The van der Waals surface area contributed by atoms with Gasteiger partial charge in [-0.15, -0.1) is 6.58 Å². The largest absolute Gasteiger partial charge is 0.478 e. The zero-order chi connectivity index (χ0) is 14.8.